The minimum Gasteiger partial charge on any atom is -0.370 e. The zero-order chi connectivity index (χ0) is 23.7. The zero-order valence-corrected chi connectivity index (χ0v) is 19.2. The fraction of sp³-hybridized carbons (Fsp3) is 0.280. The summed E-state index contributed by atoms with van der Waals surface area (Å²) in [5, 5.41) is 3.23. The predicted molar refractivity (Wildman–Crippen MR) is 125 cm³/mol. The van der Waals surface area contributed by atoms with Gasteiger partial charge >= 0.3 is 0 Å². The van der Waals surface area contributed by atoms with Crippen molar-refractivity contribution < 1.29 is 18.3 Å². The number of hydrogen-bond acceptors (Lipinski definition) is 6. The van der Waals surface area contributed by atoms with E-state index in [4.69, 9.17) is 9.73 Å². The van der Waals surface area contributed by atoms with E-state index in [0.29, 0.717) is 28.7 Å². The number of carbonyl (C=O) groups is 1. The van der Waals surface area contributed by atoms with Gasteiger partial charge in [0.2, 0.25) is 0 Å². The molecule has 0 aliphatic carbocycles. The van der Waals surface area contributed by atoms with Gasteiger partial charge in [0.05, 0.1) is 12.7 Å². The molecule has 2 aliphatic rings. The smallest absolute Gasteiger partial charge is 0.257 e. The van der Waals surface area contributed by atoms with Gasteiger partial charge in [-0.05, 0) is 31.5 Å². The van der Waals surface area contributed by atoms with Gasteiger partial charge in [-0.2, -0.15) is 0 Å². The SMILES string of the molecule is Cc1ncc(C2CC3CSC(NC(=O)c4ccccc4)=NC3(c3ccc(F)cc3F)CO2)cn1. The highest BCUT2D eigenvalue weighted by Crippen LogP contribution is 2.49. The van der Waals surface area contributed by atoms with Crippen LogP contribution in [0.15, 0.2) is 65.9 Å². The number of amides is 1. The Morgan fingerprint density at radius 2 is 1.91 bits per heavy atom. The van der Waals surface area contributed by atoms with Gasteiger partial charge in [-0.1, -0.05) is 36.0 Å². The Labute approximate surface area is 199 Å². The zero-order valence-electron chi connectivity index (χ0n) is 18.4. The Morgan fingerprint density at radius 3 is 2.65 bits per heavy atom. The van der Waals surface area contributed by atoms with Crippen LogP contribution in [0.2, 0.25) is 0 Å². The number of carbonyl (C=O) groups excluding carboxylic acids is 1. The van der Waals surface area contributed by atoms with Crippen molar-refractivity contribution in [3.63, 3.8) is 0 Å². The highest BCUT2D eigenvalue weighted by molar-refractivity contribution is 8.13. The van der Waals surface area contributed by atoms with E-state index in [9.17, 15) is 9.18 Å². The monoisotopic (exact) mass is 480 g/mol. The van der Waals surface area contributed by atoms with Crippen molar-refractivity contribution in [3.8, 4) is 0 Å². The number of amidine groups is 1. The van der Waals surface area contributed by atoms with E-state index in [1.54, 1.807) is 36.7 Å². The number of nitrogens with zero attached hydrogens (tertiary/aromatic N) is 3. The second-order valence-corrected chi connectivity index (χ2v) is 9.40. The molecule has 3 atom stereocenters. The number of aryl methyl sites for hydroxylation is 1. The molecule has 34 heavy (non-hydrogen) atoms. The summed E-state index contributed by atoms with van der Waals surface area (Å²) in [6.07, 6.45) is 3.77. The van der Waals surface area contributed by atoms with Crippen molar-refractivity contribution in [2.75, 3.05) is 12.4 Å². The first-order valence-electron chi connectivity index (χ1n) is 10.9. The lowest BCUT2D eigenvalue weighted by atomic mass is 9.74. The van der Waals surface area contributed by atoms with E-state index in [1.807, 2.05) is 13.0 Å². The molecule has 0 saturated carbocycles. The molecule has 1 fully saturated rings. The van der Waals surface area contributed by atoms with Gasteiger partial charge in [0, 0.05) is 46.8 Å². The Bertz CT molecular complexity index is 1240. The highest BCUT2D eigenvalue weighted by Gasteiger charge is 2.50. The molecule has 9 heteroatoms. The van der Waals surface area contributed by atoms with Gasteiger partial charge in [0.25, 0.3) is 5.91 Å². The largest absolute Gasteiger partial charge is 0.370 e. The number of aromatic nitrogens is 2. The van der Waals surface area contributed by atoms with Gasteiger partial charge in [-0.15, -0.1) is 0 Å². The number of thioether (sulfide) groups is 1. The van der Waals surface area contributed by atoms with Crippen molar-refractivity contribution >= 4 is 22.8 Å². The standard InChI is InChI=1S/C25H22F2N4O2S/c1-15-28-11-17(12-29-15)22-9-18-13-34-24(30-23(32)16-5-3-2-4-6-16)31-25(18,14-33-22)20-8-7-19(26)10-21(20)27/h2-8,10-12,18,22H,9,13-14H2,1H3,(H,30,31,32). The van der Waals surface area contributed by atoms with Crippen molar-refractivity contribution in [2.24, 2.45) is 10.9 Å². The number of ether oxygens (including phenoxy) is 1. The van der Waals surface area contributed by atoms with Crippen molar-refractivity contribution in [2.45, 2.75) is 25.0 Å². The molecule has 3 heterocycles. The number of hydrogen-bond donors (Lipinski definition) is 1. The van der Waals surface area contributed by atoms with Gasteiger partial charge in [-0.25, -0.2) is 23.7 Å². The molecule has 2 aromatic carbocycles. The number of aliphatic imine (C=N–C) groups is 1. The first-order valence-corrected chi connectivity index (χ1v) is 11.9. The molecular formula is C25H22F2N4O2S. The summed E-state index contributed by atoms with van der Waals surface area (Å²) in [7, 11) is 0. The van der Waals surface area contributed by atoms with E-state index in [-0.39, 0.29) is 30.1 Å². The van der Waals surface area contributed by atoms with Crippen LogP contribution in [0.25, 0.3) is 0 Å². The summed E-state index contributed by atoms with van der Waals surface area (Å²) in [6.45, 7) is 1.88. The van der Waals surface area contributed by atoms with Crippen LogP contribution in [0, 0.1) is 24.5 Å². The first kappa shape index (κ1) is 22.6. The van der Waals surface area contributed by atoms with E-state index in [1.165, 1.54) is 23.9 Å². The van der Waals surface area contributed by atoms with Crippen LogP contribution in [-0.4, -0.2) is 33.4 Å². The molecule has 174 valence electrons. The van der Waals surface area contributed by atoms with Crippen molar-refractivity contribution in [3.05, 3.63) is 95.1 Å². The van der Waals surface area contributed by atoms with E-state index < -0.39 is 17.2 Å². The molecule has 0 bridgehead atoms. The highest BCUT2D eigenvalue weighted by atomic mass is 32.2. The van der Waals surface area contributed by atoms with Crippen LogP contribution in [0.3, 0.4) is 0 Å². The van der Waals surface area contributed by atoms with E-state index in [0.717, 1.165) is 11.6 Å². The number of rotatable bonds is 3. The van der Waals surface area contributed by atoms with Gasteiger partial charge in [0.1, 0.15) is 23.0 Å². The van der Waals surface area contributed by atoms with E-state index >= 15 is 4.39 Å². The summed E-state index contributed by atoms with van der Waals surface area (Å²) in [5.41, 5.74) is 0.499. The molecule has 1 saturated heterocycles. The van der Waals surface area contributed by atoms with Crippen LogP contribution in [0.5, 0.6) is 0 Å². The van der Waals surface area contributed by atoms with Crippen LogP contribution < -0.4 is 5.32 Å². The van der Waals surface area contributed by atoms with Gasteiger partial charge in [-0.3, -0.25) is 4.79 Å². The van der Waals surface area contributed by atoms with Crippen molar-refractivity contribution in [1.29, 1.82) is 0 Å². The Hall–Kier alpha value is -3.17. The minimum absolute atomic E-state index is 0.0734. The maximum Gasteiger partial charge on any atom is 0.257 e. The molecule has 1 amide bonds. The molecule has 0 spiro atoms. The quantitative estimate of drug-likeness (QED) is 0.594. The van der Waals surface area contributed by atoms with Crippen LogP contribution in [0.4, 0.5) is 8.78 Å². The molecule has 0 radical (unpaired) electrons. The summed E-state index contributed by atoms with van der Waals surface area (Å²) in [4.78, 5) is 26.1. The summed E-state index contributed by atoms with van der Waals surface area (Å²) < 4.78 is 34.9. The molecular weight excluding hydrogens is 458 g/mol. The van der Waals surface area contributed by atoms with Crippen LogP contribution >= 0.6 is 11.8 Å². The summed E-state index contributed by atoms with van der Waals surface area (Å²) >= 11 is 1.41. The third-order valence-corrected chi connectivity index (χ3v) is 7.26. The fourth-order valence-corrected chi connectivity index (χ4v) is 5.58. The summed E-state index contributed by atoms with van der Waals surface area (Å²) in [5.74, 6) is -0.514. The molecule has 1 N–H and O–H groups in total. The fourth-order valence-electron chi connectivity index (χ4n) is 4.41. The van der Waals surface area contributed by atoms with Crippen LogP contribution in [-0.2, 0) is 10.3 Å². The molecule has 3 unspecified atom stereocenters. The summed E-state index contributed by atoms with van der Waals surface area (Å²) in [6, 6.07) is 12.3. The average Bonchev–Trinajstić information content (AvgIpc) is 2.84. The second-order valence-electron chi connectivity index (χ2n) is 8.39. The van der Waals surface area contributed by atoms with Gasteiger partial charge < -0.3 is 10.1 Å². The van der Waals surface area contributed by atoms with Gasteiger partial charge in [0.15, 0.2) is 5.17 Å². The first-order chi connectivity index (χ1) is 16.4. The lowest BCUT2D eigenvalue weighted by molar-refractivity contribution is -0.0591. The van der Waals surface area contributed by atoms with E-state index in [2.05, 4.69) is 15.3 Å². The Balaban J connectivity index is 1.49. The lowest BCUT2D eigenvalue weighted by Crippen LogP contribution is -2.49. The third kappa shape index (κ3) is 4.33. The average molecular weight is 481 g/mol. The number of halogens is 2. The topological polar surface area (TPSA) is 76.5 Å². The maximum atomic E-state index is 15.0. The predicted octanol–water partition coefficient (Wildman–Crippen LogP) is 4.57. The molecule has 5 rings (SSSR count). The molecule has 2 aliphatic heterocycles. The molecule has 3 aromatic rings. The maximum absolute atomic E-state index is 15.0. The normalized spacial score (nSPS) is 24.1. The molecule has 1 aromatic heterocycles. The Kier molecular flexibility index (Phi) is 6.14. The lowest BCUT2D eigenvalue weighted by Gasteiger charge is -2.46. The number of benzene rings is 2. The van der Waals surface area contributed by atoms with Crippen LogP contribution in [0.1, 0.15) is 39.8 Å². The number of nitrogens with one attached hydrogen (secondary N) is 1. The third-order valence-electron chi connectivity index (χ3n) is 6.23. The Morgan fingerprint density at radius 1 is 1.15 bits per heavy atom. The molecule has 6 nitrogen and oxygen atoms in total. The minimum atomic E-state index is -1.09. The second kappa shape index (κ2) is 9.23. The number of fused-ring (bicyclic) bond motifs is 1. The van der Waals surface area contributed by atoms with Crippen molar-refractivity contribution in [1.82, 2.24) is 15.3 Å².